The highest BCUT2D eigenvalue weighted by Gasteiger charge is 2.27. The molecular formula is C22H23FN6O3. The van der Waals surface area contributed by atoms with E-state index in [4.69, 9.17) is 0 Å². The monoisotopic (exact) mass is 438 g/mol. The van der Waals surface area contributed by atoms with E-state index in [-0.39, 0.29) is 18.1 Å². The van der Waals surface area contributed by atoms with Crippen LogP contribution in [-0.2, 0) is 6.54 Å². The number of pyridine rings is 2. The summed E-state index contributed by atoms with van der Waals surface area (Å²) in [5, 5.41) is 27.2. The van der Waals surface area contributed by atoms with Gasteiger partial charge in [-0.1, -0.05) is 0 Å². The van der Waals surface area contributed by atoms with Gasteiger partial charge in [-0.2, -0.15) is 0 Å². The molecule has 0 saturated carbocycles. The molecule has 2 aromatic heterocycles. The number of piperidine rings is 1. The first-order valence-corrected chi connectivity index (χ1v) is 10.2. The average Bonchev–Trinajstić information content (AvgIpc) is 2.81. The SMILES string of the molecule is O=[N+]([O-])c1ccc(NCc2ccncc2)nc1Nc1ccc(N2CCC(O)C(F)C2)cc1. The second-order valence-electron chi connectivity index (χ2n) is 7.52. The molecule has 0 spiro atoms. The normalized spacial score (nSPS) is 18.2. The van der Waals surface area contributed by atoms with E-state index < -0.39 is 17.2 Å². The quantitative estimate of drug-likeness (QED) is 0.378. The topological polar surface area (TPSA) is 116 Å². The Morgan fingerprint density at radius 2 is 1.91 bits per heavy atom. The van der Waals surface area contributed by atoms with Crippen molar-refractivity contribution in [3.8, 4) is 0 Å². The zero-order valence-electron chi connectivity index (χ0n) is 17.2. The summed E-state index contributed by atoms with van der Waals surface area (Å²) in [7, 11) is 0. The molecule has 1 saturated heterocycles. The molecule has 2 atom stereocenters. The van der Waals surface area contributed by atoms with Crippen LogP contribution in [-0.4, -0.2) is 45.4 Å². The molecule has 0 aliphatic carbocycles. The van der Waals surface area contributed by atoms with E-state index in [2.05, 4.69) is 20.6 Å². The number of aliphatic hydroxyl groups excluding tert-OH is 1. The Morgan fingerprint density at radius 3 is 2.59 bits per heavy atom. The predicted octanol–water partition coefficient (Wildman–Crippen LogP) is 3.65. The first kappa shape index (κ1) is 21.4. The fourth-order valence-corrected chi connectivity index (χ4v) is 3.50. The largest absolute Gasteiger partial charge is 0.390 e. The lowest BCUT2D eigenvalue weighted by atomic mass is 10.1. The standard InChI is InChI=1S/C22H23FN6O3/c23-18-14-28(12-9-20(18)30)17-3-1-16(2-4-17)26-22-19(29(31)32)5-6-21(27-22)25-13-15-7-10-24-11-8-15/h1-8,10-11,18,20,30H,9,12-14H2,(H2,25,26,27). The highest BCUT2D eigenvalue weighted by molar-refractivity contribution is 5.69. The van der Waals surface area contributed by atoms with Gasteiger partial charge in [-0.15, -0.1) is 0 Å². The van der Waals surface area contributed by atoms with Gasteiger partial charge in [-0.05, 0) is 54.4 Å². The van der Waals surface area contributed by atoms with Gasteiger partial charge in [0.25, 0.3) is 0 Å². The third-order valence-electron chi connectivity index (χ3n) is 5.30. The van der Waals surface area contributed by atoms with Crippen LogP contribution in [0.1, 0.15) is 12.0 Å². The number of benzene rings is 1. The molecule has 3 N–H and O–H groups in total. The molecule has 0 amide bonds. The summed E-state index contributed by atoms with van der Waals surface area (Å²) in [4.78, 5) is 21.2. The summed E-state index contributed by atoms with van der Waals surface area (Å²) >= 11 is 0. The van der Waals surface area contributed by atoms with Crippen LogP contribution in [0.4, 0.5) is 33.1 Å². The number of aromatic nitrogens is 2. The van der Waals surface area contributed by atoms with E-state index in [0.717, 1.165) is 11.3 Å². The number of rotatable bonds is 7. The number of hydrogen-bond donors (Lipinski definition) is 3. The number of alkyl halides is 1. The van der Waals surface area contributed by atoms with E-state index in [1.54, 1.807) is 30.6 Å². The fourth-order valence-electron chi connectivity index (χ4n) is 3.50. The number of aliphatic hydroxyl groups is 1. The molecule has 3 heterocycles. The molecule has 2 unspecified atom stereocenters. The van der Waals surface area contributed by atoms with E-state index >= 15 is 0 Å². The van der Waals surface area contributed by atoms with Crippen molar-refractivity contribution in [3.63, 3.8) is 0 Å². The van der Waals surface area contributed by atoms with Gasteiger partial charge in [0.05, 0.1) is 17.6 Å². The summed E-state index contributed by atoms with van der Waals surface area (Å²) in [6.45, 7) is 1.19. The van der Waals surface area contributed by atoms with E-state index in [9.17, 15) is 19.6 Å². The molecular weight excluding hydrogens is 415 g/mol. The minimum absolute atomic E-state index is 0.118. The Morgan fingerprint density at radius 1 is 1.16 bits per heavy atom. The van der Waals surface area contributed by atoms with Crippen molar-refractivity contribution in [1.29, 1.82) is 0 Å². The number of nitro groups is 1. The Kier molecular flexibility index (Phi) is 6.41. The first-order chi connectivity index (χ1) is 15.5. The van der Waals surface area contributed by atoms with Crippen LogP contribution >= 0.6 is 0 Å². The highest BCUT2D eigenvalue weighted by atomic mass is 19.1. The molecule has 1 aromatic carbocycles. The van der Waals surface area contributed by atoms with Gasteiger partial charge >= 0.3 is 5.69 Å². The van der Waals surface area contributed by atoms with Gasteiger partial charge in [0.1, 0.15) is 12.0 Å². The average molecular weight is 438 g/mol. The second kappa shape index (κ2) is 9.56. The van der Waals surface area contributed by atoms with Crippen molar-refractivity contribution >= 4 is 28.7 Å². The lowest BCUT2D eigenvalue weighted by Gasteiger charge is -2.33. The summed E-state index contributed by atoms with van der Waals surface area (Å²) in [5.41, 5.74) is 2.30. The van der Waals surface area contributed by atoms with Gasteiger partial charge in [-0.3, -0.25) is 15.1 Å². The molecule has 0 radical (unpaired) electrons. The van der Waals surface area contributed by atoms with Gasteiger partial charge in [-0.25, -0.2) is 9.37 Å². The molecule has 10 heteroatoms. The van der Waals surface area contributed by atoms with Crippen LogP contribution in [0, 0.1) is 10.1 Å². The van der Waals surface area contributed by atoms with Crippen LogP contribution in [0.5, 0.6) is 0 Å². The highest BCUT2D eigenvalue weighted by Crippen LogP contribution is 2.29. The number of halogens is 1. The maximum absolute atomic E-state index is 13.8. The van der Waals surface area contributed by atoms with Gasteiger partial charge in [0.2, 0.25) is 5.82 Å². The molecule has 1 fully saturated rings. The van der Waals surface area contributed by atoms with Crippen molar-refractivity contribution in [2.45, 2.75) is 25.2 Å². The Bertz CT molecular complexity index is 1070. The summed E-state index contributed by atoms with van der Waals surface area (Å²) < 4.78 is 13.8. The minimum atomic E-state index is -1.28. The van der Waals surface area contributed by atoms with Crippen molar-refractivity contribution in [1.82, 2.24) is 9.97 Å². The van der Waals surface area contributed by atoms with Gasteiger partial charge in [0.15, 0.2) is 0 Å². The maximum Gasteiger partial charge on any atom is 0.311 e. The molecule has 4 rings (SSSR count). The third-order valence-corrected chi connectivity index (χ3v) is 5.30. The summed E-state index contributed by atoms with van der Waals surface area (Å²) in [6.07, 6.45) is 1.55. The van der Waals surface area contributed by atoms with Crippen LogP contribution < -0.4 is 15.5 Å². The summed E-state index contributed by atoms with van der Waals surface area (Å²) in [6, 6.07) is 13.8. The number of nitrogens with one attached hydrogen (secondary N) is 2. The lowest BCUT2D eigenvalue weighted by molar-refractivity contribution is -0.384. The smallest absolute Gasteiger partial charge is 0.311 e. The second-order valence-corrected chi connectivity index (χ2v) is 7.52. The zero-order chi connectivity index (χ0) is 22.5. The van der Waals surface area contributed by atoms with Crippen molar-refractivity contribution in [2.75, 3.05) is 28.6 Å². The van der Waals surface area contributed by atoms with Crippen molar-refractivity contribution < 1.29 is 14.4 Å². The Labute approximate surface area is 184 Å². The Balaban J connectivity index is 1.47. The van der Waals surface area contributed by atoms with Crippen LogP contribution in [0.2, 0.25) is 0 Å². The van der Waals surface area contributed by atoms with Crippen LogP contribution in [0.3, 0.4) is 0 Å². The number of hydrogen-bond acceptors (Lipinski definition) is 8. The summed E-state index contributed by atoms with van der Waals surface area (Å²) in [5.74, 6) is 0.611. The predicted molar refractivity (Wildman–Crippen MR) is 120 cm³/mol. The minimum Gasteiger partial charge on any atom is -0.390 e. The van der Waals surface area contributed by atoms with E-state index in [0.29, 0.717) is 31.0 Å². The van der Waals surface area contributed by atoms with Crippen LogP contribution in [0.15, 0.2) is 60.9 Å². The molecule has 32 heavy (non-hydrogen) atoms. The fraction of sp³-hybridized carbons (Fsp3) is 0.273. The molecule has 166 valence electrons. The zero-order valence-corrected chi connectivity index (χ0v) is 17.2. The van der Waals surface area contributed by atoms with E-state index in [1.807, 2.05) is 29.2 Å². The lowest BCUT2D eigenvalue weighted by Crippen LogP contribution is -2.44. The van der Waals surface area contributed by atoms with Gasteiger partial charge in [0, 0.05) is 42.9 Å². The van der Waals surface area contributed by atoms with Gasteiger partial charge < -0.3 is 20.6 Å². The molecule has 1 aliphatic heterocycles. The first-order valence-electron chi connectivity index (χ1n) is 10.2. The third kappa shape index (κ3) is 5.09. The van der Waals surface area contributed by atoms with Crippen molar-refractivity contribution in [3.05, 3.63) is 76.6 Å². The van der Waals surface area contributed by atoms with E-state index in [1.165, 1.54) is 6.07 Å². The Hall–Kier alpha value is -3.79. The molecule has 3 aromatic rings. The van der Waals surface area contributed by atoms with Crippen molar-refractivity contribution in [2.24, 2.45) is 0 Å². The molecule has 9 nitrogen and oxygen atoms in total. The maximum atomic E-state index is 13.8. The number of nitrogens with zero attached hydrogens (tertiary/aromatic N) is 4. The molecule has 0 bridgehead atoms. The molecule has 1 aliphatic rings. The number of anilines is 4. The van der Waals surface area contributed by atoms with Crippen LogP contribution in [0.25, 0.3) is 0 Å².